The Labute approximate surface area is 89.8 Å². The van der Waals surface area contributed by atoms with E-state index in [2.05, 4.69) is 0 Å². The largest absolute Gasteiger partial charge is 0.748 e. The number of hydrogen-bond acceptors (Lipinski definition) is 4. The molecular weight excluding hydrogens is 216 g/mol. The van der Waals surface area contributed by atoms with Gasteiger partial charge in [-0.15, -0.1) is 0 Å². The van der Waals surface area contributed by atoms with E-state index in [0.717, 1.165) is 6.42 Å². The zero-order valence-electron chi connectivity index (χ0n) is 8.95. The van der Waals surface area contributed by atoms with Gasteiger partial charge < -0.3 is 4.55 Å². The molecule has 0 aromatic heterocycles. The first kappa shape index (κ1) is 11.1. The summed E-state index contributed by atoms with van der Waals surface area (Å²) in [6.45, 7) is 3.83. The fourth-order valence-electron chi connectivity index (χ4n) is 3.41. The van der Waals surface area contributed by atoms with E-state index in [-0.39, 0.29) is 17.1 Å². The summed E-state index contributed by atoms with van der Waals surface area (Å²) in [5, 5.41) is 0. The first-order valence-corrected chi connectivity index (χ1v) is 6.74. The van der Waals surface area contributed by atoms with Crippen LogP contribution in [0.1, 0.15) is 33.1 Å². The second kappa shape index (κ2) is 2.83. The molecule has 2 aliphatic rings. The molecule has 0 aromatic rings. The molecule has 0 spiro atoms. The van der Waals surface area contributed by atoms with Crippen molar-refractivity contribution < 1.29 is 17.8 Å². The Balaban J connectivity index is 2.45. The van der Waals surface area contributed by atoms with Crippen LogP contribution >= 0.6 is 0 Å². The average Bonchev–Trinajstić information content (AvgIpc) is 2.34. The van der Waals surface area contributed by atoms with Crippen LogP contribution in [0.5, 0.6) is 0 Å². The number of carbonyl (C=O) groups is 1. The highest BCUT2D eigenvalue weighted by Gasteiger charge is 2.64. The Hall–Kier alpha value is -0.420. The van der Waals surface area contributed by atoms with Crippen LogP contribution < -0.4 is 0 Å². The molecule has 15 heavy (non-hydrogen) atoms. The maximum atomic E-state index is 11.8. The lowest BCUT2D eigenvalue weighted by Gasteiger charge is -2.37. The van der Waals surface area contributed by atoms with E-state index in [9.17, 15) is 17.8 Å². The monoisotopic (exact) mass is 231 g/mol. The van der Waals surface area contributed by atoms with Crippen molar-refractivity contribution in [3.8, 4) is 0 Å². The van der Waals surface area contributed by atoms with Crippen LogP contribution in [0.4, 0.5) is 0 Å². The number of fused-ring (bicyclic) bond motifs is 2. The third kappa shape index (κ3) is 1.36. The van der Waals surface area contributed by atoms with Crippen LogP contribution in [0.25, 0.3) is 0 Å². The number of carbonyl (C=O) groups excluding carboxylic acids is 1. The molecule has 0 amide bonds. The second-order valence-electron chi connectivity index (χ2n) is 5.37. The molecule has 0 unspecified atom stereocenters. The maximum Gasteiger partial charge on any atom is 0.140 e. The number of hydrogen-bond donors (Lipinski definition) is 0. The predicted octanol–water partition coefficient (Wildman–Crippen LogP) is 0.927. The molecule has 0 aliphatic heterocycles. The van der Waals surface area contributed by atoms with E-state index < -0.39 is 21.3 Å². The van der Waals surface area contributed by atoms with Crippen molar-refractivity contribution >= 4 is 15.9 Å². The van der Waals surface area contributed by atoms with Crippen molar-refractivity contribution in [3.05, 3.63) is 0 Å². The van der Waals surface area contributed by atoms with Gasteiger partial charge in [-0.1, -0.05) is 13.8 Å². The fourth-order valence-corrected chi connectivity index (χ4v) is 4.69. The van der Waals surface area contributed by atoms with Crippen molar-refractivity contribution in [2.75, 3.05) is 5.75 Å². The molecule has 2 saturated carbocycles. The molecule has 0 heterocycles. The van der Waals surface area contributed by atoms with Crippen LogP contribution in [0, 0.1) is 16.7 Å². The molecule has 86 valence electrons. The minimum Gasteiger partial charge on any atom is -0.748 e. The summed E-state index contributed by atoms with van der Waals surface area (Å²) in [6, 6.07) is 0. The summed E-state index contributed by atoms with van der Waals surface area (Å²) in [5.74, 6) is -0.280. The molecule has 2 rings (SSSR count). The topological polar surface area (TPSA) is 74.3 Å². The normalized spacial score (nSPS) is 38.6. The van der Waals surface area contributed by atoms with Crippen LogP contribution in [0.2, 0.25) is 0 Å². The van der Waals surface area contributed by atoms with Crippen LogP contribution in [0.15, 0.2) is 0 Å². The molecule has 2 bridgehead atoms. The van der Waals surface area contributed by atoms with Gasteiger partial charge >= 0.3 is 0 Å². The zero-order chi connectivity index (χ0) is 11.5. The van der Waals surface area contributed by atoms with Crippen molar-refractivity contribution in [3.63, 3.8) is 0 Å². The lowest BCUT2D eigenvalue weighted by atomic mass is 9.70. The zero-order valence-corrected chi connectivity index (χ0v) is 9.76. The van der Waals surface area contributed by atoms with Gasteiger partial charge in [-0.05, 0) is 24.2 Å². The molecule has 0 aromatic carbocycles. The molecular formula is C10H15O4S-. The Kier molecular flexibility index (Phi) is 2.09. The second-order valence-corrected chi connectivity index (χ2v) is 6.77. The smallest absolute Gasteiger partial charge is 0.140 e. The lowest BCUT2D eigenvalue weighted by Crippen LogP contribution is -2.42. The van der Waals surface area contributed by atoms with Gasteiger partial charge in [0, 0.05) is 11.8 Å². The number of rotatable bonds is 2. The Bertz CT molecular complexity index is 409. The van der Waals surface area contributed by atoms with E-state index in [0.29, 0.717) is 12.8 Å². The van der Waals surface area contributed by atoms with Gasteiger partial charge in [0.1, 0.15) is 5.78 Å². The number of Topliss-reactive ketones (excluding diaryl/α,β-unsaturated/α-hetero) is 1. The highest BCUT2D eigenvalue weighted by Crippen LogP contribution is 2.64. The van der Waals surface area contributed by atoms with Crippen molar-refractivity contribution in [1.29, 1.82) is 0 Å². The minimum absolute atomic E-state index is 0.0248. The third-order valence-electron chi connectivity index (χ3n) is 4.56. The SMILES string of the molecule is CC1(C)[C@H]2CC[C@@]1(CS(=O)(=O)[O-])C(=O)C2. The van der Waals surface area contributed by atoms with Crippen LogP contribution in [0.3, 0.4) is 0 Å². The molecule has 2 atom stereocenters. The standard InChI is InChI=1S/C10H16O4S/c1-9(2)7-3-4-10(9,8(11)5-7)6-15(12,13)14/h7H,3-6H2,1-2H3,(H,12,13,14)/p-1/t7-,10+/m0/s1. The van der Waals surface area contributed by atoms with Gasteiger partial charge in [-0.2, -0.15) is 0 Å². The maximum absolute atomic E-state index is 11.8. The summed E-state index contributed by atoms with van der Waals surface area (Å²) >= 11 is 0. The van der Waals surface area contributed by atoms with Crippen molar-refractivity contribution in [2.24, 2.45) is 16.7 Å². The highest BCUT2D eigenvalue weighted by atomic mass is 32.2. The van der Waals surface area contributed by atoms with Gasteiger partial charge in [-0.3, -0.25) is 4.79 Å². The molecule has 2 aliphatic carbocycles. The highest BCUT2D eigenvalue weighted by molar-refractivity contribution is 7.85. The molecule has 0 saturated heterocycles. The van der Waals surface area contributed by atoms with E-state index in [1.54, 1.807) is 0 Å². The Morgan fingerprint density at radius 3 is 2.40 bits per heavy atom. The number of ketones is 1. The summed E-state index contributed by atoms with van der Waals surface area (Å²) in [4.78, 5) is 11.8. The first-order valence-electron chi connectivity index (χ1n) is 5.16. The lowest BCUT2D eigenvalue weighted by molar-refractivity contribution is -0.128. The first-order chi connectivity index (χ1) is 6.69. The molecule has 0 N–H and O–H groups in total. The third-order valence-corrected chi connectivity index (χ3v) is 5.41. The van der Waals surface area contributed by atoms with Gasteiger partial charge in [0.2, 0.25) is 0 Å². The van der Waals surface area contributed by atoms with Crippen LogP contribution in [-0.2, 0) is 14.9 Å². The Morgan fingerprint density at radius 2 is 2.07 bits per heavy atom. The molecule has 5 heteroatoms. The van der Waals surface area contributed by atoms with Gasteiger partial charge in [0.15, 0.2) is 0 Å². The van der Waals surface area contributed by atoms with Gasteiger partial charge in [0.25, 0.3) is 0 Å². The van der Waals surface area contributed by atoms with Crippen molar-refractivity contribution in [1.82, 2.24) is 0 Å². The van der Waals surface area contributed by atoms with E-state index in [1.807, 2.05) is 13.8 Å². The minimum atomic E-state index is -4.33. The summed E-state index contributed by atoms with van der Waals surface area (Å²) in [6.07, 6.45) is 1.88. The van der Waals surface area contributed by atoms with Crippen molar-refractivity contribution in [2.45, 2.75) is 33.1 Å². The summed E-state index contributed by atoms with van der Waals surface area (Å²) in [5.41, 5.74) is -1.22. The summed E-state index contributed by atoms with van der Waals surface area (Å²) < 4.78 is 32.7. The van der Waals surface area contributed by atoms with E-state index in [4.69, 9.17) is 0 Å². The summed E-state index contributed by atoms with van der Waals surface area (Å²) in [7, 11) is -4.33. The molecule has 4 nitrogen and oxygen atoms in total. The average molecular weight is 231 g/mol. The van der Waals surface area contributed by atoms with Gasteiger partial charge in [-0.25, -0.2) is 8.42 Å². The molecule has 0 radical (unpaired) electrons. The fraction of sp³-hybridized carbons (Fsp3) is 0.900. The quantitative estimate of drug-likeness (QED) is 0.662. The molecule has 2 fully saturated rings. The Morgan fingerprint density at radius 1 is 1.47 bits per heavy atom. The van der Waals surface area contributed by atoms with Gasteiger partial charge in [0.05, 0.1) is 15.9 Å². The predicted molar refractivity (Wildman–Crippen MR) is 53.1 cm³/mol. The van der Waals surface area contributed by atoms with E-state index >= 15 is 0 Å². The van der Waals surface area contributed by atoms with E-state index in [1.165, 1.54) is 0 Å². The van der Waals surface area contributed by atoms with Crippen LogP contribution in [-0.4, -0.2) is 24.5 Å².